The SMILES string of the molecule is COc1ccc(NS(=O)(=O)c2cc(Cl)cc(Cl)c2)cc1O. The Morgan fingerprint density at radius 2 is 1.71 bits per heavy atom. The number of phenolic OH excluding ortho intramolecular Hbond substituents is 1. The number of ether oxygens (including phenoxy) is 1. The van der Waals surface area contributed by atoms with Crippen LogP contribution in [0.15, 0.2) is 41.3 Å². The summed E-state index contributed by atoms with van der Waals surface area (Å²) in [6.07, 6.45) is 0. The minimum atomic E-state index is -3.87. The fourth-order valence-corrected chi connectivity index (χ4v) is 3.43. The van der Waals surface area contributed by atoms with Crippen LogP contribution in [-0.4, -0.2) is 20.6 Å². The van der Waals surface area contributed by atoms with Gasteiger partial charge < -0.3 is 9.84 Å². The molecule has 0 unspecified atom stereocenters. The molecule has 2 aromatic rings. The van der Waals surface area contributed by atoms with E-state index in [-0.39, 0.29) is 32.1 Å². The molecular weight excluding hydrogens is 337 g/mol. The van der Waals surface area contributed by atoms with Crippen LogP contribution in [0.1, 0.15) is 0 Å². The summed E-state index contributed by atoms with van der Waals surface area (Å²) in [5.41, 5.74) is 0.185. The van der Waals surface area contributed by atoms with Gasteiger partial charge in [0.05, 0.1) is 17.7 Å². The first-order chi connectivity index (χ1) is 9.81. The van der Waals surface area contributed by atoms with Gasteiger partial charge in [-0.2, -0.15) is 0 Å². The van der Waals surface area contributed by atoms with Crippen molar-refractivity contribution in [3.63, 3.8) is 0 Å². The van der Waals surface area contributed by atoms with E-state index in [0.29, 0.717) is 0 Å². The first kappa shape index (κ1) is 15.8. The van der Waals surface area contributed by atoms with Gasteiger partial charge in [-0.25, -0.2) is 8.42 Å². The van der Waals surface area contributed by atoms with E-state index < -0.39 is 10.0 Å². The highest BCUT2D eigenvalue weighted by molar-refractivity contribution is 7.92. The van der Waals surface area contributed by atoms with Crippen LogP contribution < -0.4 is 9.46 Å². The summed E-state index contributed by atoms with van der Waals surface area (Å²) in [7, 11) is -2.47. The average molecular weight is 348 g/mol. The monoisotopic (exact) mass is 347 g/mol. The lowest BCUT2D eigenvalue weighted by atomic mass is 10.3. The number of sulfonamides is 1. The lowest BCUT2D eigenvalue weighted by molar-refractivity contribution is 0.373. The van der Waals surface area contributed by atoms with Crippen LogP contribution in [0.3, 0.4) is 0 Å². The average Bonchev–Trinajstić information content (AvgIpc) is 2.37. The highest BCUT2D eigenvalue weighted by Gasteiger charge is 2.16. The number of aromatic hydroxyl groups is 1. The molecule has 0 amide bonds. The van der Waals surface area contributed by atoms with Gasteiger partial charge in [-0.3, -0.25) is 4.72 Å². The zero-order chi connectivity index (χ0) is 15.6. The van der Waals surface area contributed by atoms with E-state index in [1.165, 1.54) is 43.5 Å². The van der Waals surface area contributed by atoms with Crippen LogP contribution in [0.5, 0.6) is 11.5 Å². The number of rotatable bonds is 4. The molecular formula is C13H11Cl2NO4S. The molecule has 0 radical (unpaired) electrons. The third kappa shape index (κ3) is 3.72. The fraction of sp³-hybridized carbons (Fsp3) is 0.0769. The molecule has 112 valence electrons. The Hall–Kier alpha value is -1.63. The maximum atomic E-state index is 12.2. The third-order valence-electron chi connectivity index (χ3n) is 2.58. The van der Waals surface area contributed by atoms with Crippen molar-refractivity contribution in [1.29, 1.82) is 0 Å². The Bertz CT molecular complexity index is 757. The molecule has 21 heavy (non-hydrogen) atoms. The second kappa shape index (κ2) is 6.01. The molecule has 0 bridgehead atoms. The van der Waals surface area contributed by atoms with Gasteiger partial charge >= 0.3 is 0 Å². The third-order valence-corrected chi connectivity index (χ3v) is 4.37. The molecule has 0 spiro atoms. The van der Waals surface area contributed by atoms with E-state index >= 15 is 0 Å². The maximum Gasteiger partial charge on any atom is 0.261 e. The van der Waals surface area contributed by atoms with Crippen LogP contribution in [0.4, 0.5) is 5.69 Å². The van der Waals surface area contributed by atoms with Gasteiger partial charge in [0.15, 0.2) is 11.5 Å². The normalized spacial score (nSPS) is 11.2. The van der Waals surface area contributed by atoms with Crippen molar-refractivity contribution < 1.29 is 18.3 Å². The topological polar surface area (TPSA) is 75.6 Å². The largest absolute Gasteiger partial charge is 0.504 e. The van der Waals surface area contributed by atoms with Crippen molar-refractivity contribution in [3.05, 3.63) is 46.4 Å². The van der Waals surface area contributed by atoms with E-state index in [1.807, 2.05) is 0 Å². The maximum absolute atomic E-state index is 12.2. The Morgan fingerprint density at radius 1 is 1.10 bits per heavy atom. The number of phenols is 1. The summed E-state index contributed by atoms with van der Waals surface area (Å²) < 4.78 is 31.7. The lowest BCUT2D eigenvalue weighted by Gasteiger charge is -2.10. The summed E-state index contributed by atoms with van der Waals surface area (Å²) in [6.45, 7) is 0. The Kier molecular flexibility index (Phi) is 4.51. The number of nitrogens with one attached hydrogen (secondary N) is 1. The van der Waals surface area contributed by atoms with Crippen LogP contribution in [0.2, 0.25) is 10.0 Å². The minimum absolute atomic E-state index is 0.0738. The zero-order valence-corrected chi connectivity index (χ0v) is 13.1. The molecule has 0 heterocycles. The number of hydrogen-bond donors (Lipinski definition) is 2. The van der Waals surface area contributed by atoms with Crippen molar-refractivity contribution in [2.75, 3.05) is 11.8 Å². The van der Waals surface area contributed by atoms with E-state index in [4.69, 9.17) is 27.9 Å². The van der Waals surface area contributed by atoms with Gasteiger partial charge in [0.2, 0.25) is 0 Å². The van der Waals surface area contributed by atoms with Gasteiger partial charge in [0.1, 0.15) is 0 Å². The first-order valence-electron chi connectivity index (χ1n) is 5.68. The van der Waals surface area contributed by atoms with Crippen LogP contribution in [-0.2, 0) is 10.0 Å². The summed E-state index contributed by atoms with van der Waals surface area (Å²) in [6, 6.07) is 8.13. The molecule has 2 aromatic carbocycles. The molecule has 0 saturated heterocycles. The molecule has 0 aliphatic carbocycles. The molecule has 0 saturated carbocycles. The summed E-state index contributed by atoms with van der Waals surface area (Å²) in [4.78, 5) is -0.0738. The van der Waals surface area contributed by atoms with Crippen molar-refractivity contribution in [2.45, 2.75) is 4.90 Å². The molecule has 0 atom stereocenters. The number of halogens is 2. The van der Waals surface area contributed by atoms with Crippen LogP contribution in [0, 0.1) is 0 Å². The summed E-state index contributed by atoms with van der Waals surface area (Å²) >= 11 is 11.6. The number of methoxy groups -OCH3 is 1. The molecule has 0 fully saturated rings. The minimum Gasteiger partial charge on any atom is -0.504 e. The number of hydrogen-bond acceptors (Lipinski definition) is 4. The molecule has 8 heteroatoms. The van der Waals surface area contributed by atoms with Gasteiger partial charge in [-0.15, -0.1) is 0 Å². The molecule has 0 aromatic heterocycles. The predicted molar refractivity (Wildman–Crippen MR) is 81.9 cm³/mol. The van der Waals surface area contributed by atoms with Gasteiger partial charge in [0, 0.05) is 16.1 Å². The van der Waals surface area contributed by atoms with Crippen molar-refractivity contribution >= 4 is 38.9 Å². The molecule has 5 nitrogen and oxygen atoms in total. The van der Waals surface area contributed by atoms with E-state index in [0.717, 1.165) is 0 Å². The second-order valence-corrected chi connectivity index (χ2v) is 6.65. The molecule has 2 rings (SSSR count). The van der Waals surface area contributed by atoms with Crippen molar-refractivity contribution in [3.8, 4) is 11.5 Å². The number of anilines is 1. The molecule has 0 aliphatic heterocycles. The summed E-state index contributed by atoms with van der Waals surface area (Å²) in [5.74, 6) is 0.0607. The highest BCUT2D eigenvalue weighted by atomic mass is 35.5. The molecule has 2 N–H and O–H groups in total. The predicted octanol–water partition coefficient (Wildman–Crippen LogP) is 3.51. The zero-order valence-electron chi connectivity index (χ0n) is 10.8. The van der Waals surface area contributed by atoms with E-state index in [9.17, 15) is 13.5 Å². The van der Waals surface area contributed by atoms with Gasteiger partial charge in [-0.1, -0.05) is 23.2 Å². The smallest absolute Gasteiger partial charge is 0.261 e. The Morgan fingerprint density at radius 3 is 2.24 bits per heavy atom. The Labute approximate surface area is 132 Å². The van der Waals surface area contributed by atoms with Crippen LogP contribution in [0.25, 0.3) is 0 Å². The van der Waals surface area contributed by atoms with E-state index in [1.54, 1.807) is 0 Å². The van der Waals surface area contributed by atoms with Crippen LogP contribution >= 0.6 is 23.2 Å². The van der Waals surface area contributed by atoms with Gasteiger partial charge in [-0.05, 0) is 30.3 Å². The Balaban J connectivity index is 2.35. The van der Waals surface area contributed by atoms with Crippen molar-refractivity contribution in [1.82, 2.24) is 0 Å². The quantitative estimate of drug-likeness (QED) is 0.887. The first-order valence-corrected chi connectivity index (χ1v) is 7.91. The second-order valence-electron chi connectivity index (χ2n) is 4.10. The van der Waals surface area contributed by atoms with Crippen molar-refractivity contribution in [2.24, 2.45) is 0 Å². The highest BCUT2D eigenvalue weighted by Crippen LogP contribution is 2.30. The van der Waals surface area contributed by atoms with E-state index in [2.05, 4.69) is 4.72 Å². The lowest BCUT2D eigenvalue weighted by Crippen LogP contribution is -2.13. The summed E-state index contributed by atoms with van der Waals surface area (Å²) in [5, 5.41) is 10.1. The standard InChI is InChI=1S/C13H11Cl2NO4S/c1-20-13-3-2-10(7-12(13)17)16-21(18,19)11-5-8(14)4-9(15)6-11/h2-7,16-17H,1H3. The fourth-order valence-electron chi connectivity index (χ4n) is 1.65. The number of benzene rings is 2. The molecule has 0 aliphatic rings. The van der Waals surface area contributed by atoms with Gasteiger partial charge in [0.25, 0.3) is 10.0 Å².